The van der Waals surface area contributed by atoms with Crippen molar-refractivity contribution in [3.05, 3.63) is 65.7 Å². The molecule has 0 N–H and O–H groups in total. The van der Waals surface area contributed by atoms with E-state index in [0.717, 1.165) is 23.3 Å². The number of hydrogen-bond acceptors (Lipinski definition) is 4. The Hall–Kier alpha value is -2.47. The molecule has 2 heterocycles. The molecule has 2 aromatic carbocycles. The molecule has 0 radical (unpaired) electrons. The first-order chi connectivity index (χ1) is 14.9. The summed E-state index contributed by atoms with van der Waals surface area (Å²) in [6, 6.07) is 17.6. The lowest BCUT2D eigenvalue weighted by molar-refractivity contribution is -0.145. The van der Waals surface area contributed by atoms with Crippen LogP contribution in [0.5, 0.6) is 5.75 Å². The maximum atomic E-state index is 13.9. The predicted molar refractivity (Wildman–Crippen MR) is 124 cm³/mol. The molecule has 2 amide bonds. The molecule has 2 saturated heterocycles. The molecule has 2 aliphatic heterocycles. The monoisotopic (exact) mass is 438 g/mol. The third-order valence-corrected chi connectivity index (χ3v) is 7.95. The number of carbonyl (C=O) groups is 2. The van der Waals surface area contributed by atoms with Gasteiger partial charge in [-0.2, -0.15) is 0 Å². The average molecular weight is 439 g/mol. The summed E-state index contributed by atoms with van der Waals surface area (Å²) in [5.41, 5.74) is 2.16. The van der Waals surface area contributed by atoms with E-state index in [9.17, 15) is 9.59 Å². The SMILES string of the molecule is COc1ccccc1CC(C)N(Cc1ccccc1)C(=O)C1CSC2(C)CCC(=O)N12. The first-order valence-corrected chi connectivity index (χ1v) is 11.8. The fourth-order valence-corrected chi connectivity index (χ4v) is 6.15. The van der Waals surface area contributed by atoms with Crippen LogP contribution in [0.3, 0.4) is 0 Å². The van der Waals surface area contributed by atoms with Gasteiger partial charge in [0.15, 0.2) is 0 Å². The summed E-state index contributed by atoms with van der Waals surface area (Å²) < 4.78 is 5.53. The summed E-state index contributed by atoms with van der Waals surface area (Å²) in [5.74, 6) is 1.63. The zero-order valence-corrected chi connectivity index (χ0v) is 19.2. The second-order valence-electron chi connectivity index (χ2n) is 8.58. The molecule has 0 bridgehead atoms. The largest absolute Gasteiger partial charge is 0.496 e. The summed E-state index contributed by atoms with van der Waals surface area (Å²) in [5, 5.41) is 0. The molecule has 2 aliphatic rings. The topological polar surface area (TPSA) is 49.9 Å². The Labute approximate surface area is 188 Å². The second-order valence-corrected chi connectivity index (χ2v) is 10.1. The first-order valence-electron chi connectivity index (χ1n) is 10.9. The second kappa shape index (κ2) is 8.95. The highest BCUT2D eigenvalue weighted by molar-refractivity contribution is 8.01. The number of rotatable bonds is 7. The minimum Gasteiger partial charge on any atom is -0.496 e. The highest BCUT2D eigenvalue weighted by atomic mass is 32.2. The fraction of sp³-hybridized carbons (Fsp3) is 0.440. The van der Waals surface area contributed by atoms with Crippen LogP contribution in [0.1, 0.15) is 37.8 Å². The Morgan fingerprint density at radius 3 is 2.68 bits per heavy atom. The van der Waals surface area contributed by atoms with Crippen molar-refractivity contribution in [1.29, 1.82) is 0 Å². The van der Waals surface area contributed by atoms with E-state index in [4.69, 9.17) is 4.74 Å². The molecule has 0 aliphatic carbocycles. The molecule has 3 unspecified atom stereocenters. The van der Waals surface area contributed by atoms with Crippen LogP contribution in [0.2, 0.25) is 0 Å². The molecular formula is C25H30N2O3S. The number of ether oxygens (including phenoxy) is 1. The maximum absolute atomic E-state index is 13.9. The number of methoxy groups -OCH3 is 1. The van der Waals surface area contributed by atoms with Gasteiger partial charge in [0, 0.05) is 24.8 Å². The highest BCUT2D eigenvalue weighted by Crippen LogP contribution is 2.47. The Bertz CT molecular complexity index is 951. The van der Waals surface area contributed by atoms with Crippen LogP contribution in [-0.2, 0) is 22.6 Å². The van der Waals surface area contributed by atoms with Crippen LogP contribution < -0.4 is 4.74 Å². The van der Waals surface area contributed by atoms with E-state index in [0.29, 0.717) is 25.1 Å². The Balaban J connectivity index is 1.61. The van der Waals surface area contributed by atoms with Gasteiger partial charge in [0.2, 0.25) is 11.8 Å². The van der Waals surface area contributed by atoms with Crippen LogP contribution >= 0.6 is 11.8 Å². The van der Waals surface area contributed by atoms with Gasteiger partial charge in [-0.15, -0.1) is 11.8 Å². The summed E-state index contributed by atoms with van der Waals surface area (Å²) in [6.07, 6.45) is 2.03. The number of para-hydroxylation sites is 1. The molecule has 2 aromatic rings. The smallest absolute Gasteiger partial charge is 0.246 e. The van der Waals surface area contributed by atoms with Gasteiger partial charge < -0.3 is 14.5 Å². The Morgan fingerprint density at radius 1 is 1.23 bits per heavy atom. The van der Waals surface area contributed by atoms with Crippen molar-refractivity contribution in [1.82, 2.24) is 9.80 Å². The predicted octanol–water partition coefficient (Wildman–Crippen LogP) is 4.11. The van der Waals surface area contributed by atoms with Gasteiger partial charge >= 0.3 is 0 Å². The number of nitrogens with zero attached hydrogens (tertiary/aromatic N) is 2. The summed E-state index contributed by atoms with van der Waals surface area (Å²) in [4.78, 5) is 30.0. The summed E-state index contributed by atoms with van der Waals surface area (Å²) >= 11 is 1.74. The Kier molecular flexibility index (Phi) is 6.28. The number of fused-ring (bicyclic) bond motifs is 1. The zero-order valence-electron chi connectivity index (χ0n) is 18.4. The third kappa shape index (κ3) is 4.31. The van der Waals surface area contributed by atoms with Crippen molar-refractivity contribution in [3.63, 3.8) is 0 Å². The van der Waals surface area contributed by atoms with E-state index in [1.165, 1.54) is 0 Å². The molecule has 0 spiro atoms. The fourth-order valence-electron chi connectivity index (χ4n) is 4.73. The first kappa shape index (κ1) is 21.8. The van der Waals surface area contributed by atoms with Crippen LogP contribution in [-0.4, -0.2) is 51.4 Å². The van der Waals surface area contributed by atoms with E-state index in [-0.39, 0.29) is 22.7 Å². The molecule has 164 valence electrons. The molecule has 5 nitrogen and oxygen atoms in total. The molecule has 0 aromatic heterocycles. The molecular weight excluding hydrogens is 408 g/mol. The van der Waals surface area contributed by atoms with Crippen molar-refractivity contribution in [2.24, 2.45) is 0 Å². The number of carbonyl (C=O) groups excluding carboxylic acids is 2. The van der Waals surface area contributed by atoms with Gasteiger partial charge in [0.25, 0.3) is 0 Å². The molecule has 31 heavy (non-hydrogen) atoms. The number of thioether (sulfide) groups is 1. The third-order valence-electron chi connectivity index (χ3n) is 6.45. The maximum Gasteiger partial charge on any atom is 0.246 e. The minimum absolute atomic E-state index is 0.0396. The van der Waals surface area contributed by atoms with E-state index in [1.807, 2.05) is 64.4 Å². The van der Waals surface area contributed by atoms with Gasteiger partial charge in [0.1, 0.15) is 11.8 Å². The van der Waals surface area contributed by atoms with E-state index >= 15 is 0 Å². The molecule has 0 saturated carbocycles. The summed E-state index contributed by atoms with van der Waals surface area (Å²) in [7, 11) is 1.67. The molecule has 2 fully saturated rings. The molecule has 6 heteroatoms. The highest BCUT2D eigenvalue weighted by Gasteiger charge is 2.53. The van der Waals surface area contributed by atoms with Crippen molar-refractivity contribution in [2.45, 2.75) is 56.6 Å². The van der Waals surface area contributed by atoms with Crippen LogP contribution in [0, 0.1) is 0 Å². The zero-order chi connectivity index (χ0) is 22.0. The Morgan fingerprint density at radius 2 is 1.94 bits per heavy atom. The number of hydrogen-bond donors (Lipinski definition) is 0. The van der Waals surface area contributed by atoms with Gasteiger partial charge in [-0.25, -0.2) is 0 Å². The van der Waals surface area contributed by atoms with Crippen LogP contribution in [0.15, 0.2) is 54.6 Å². The standard InChI is InChI=1S/C25H30N2O3S/c1-18(15-20-11-7-8-12-22(20)30-3)26(16-19-9-5-4-6-10-19)24(29)21-17-31-25(2)14-13-23(28)27(21)25/h4-12,18,21H,13-17H2,1-3H3. The van der Waals surface area contributed by atoms with Gasteiger partial charge in [-0.1, -0.05) is 48.5 Å². The van der Waals surface area contributed by atoms with Crippen molar-refractivity contribution in [3.8, 4) is 5.75 Å². The molecule has 3 atom stereocenters. The van der Waals surface area contributed by atoms with Gasteiger partial charge in [0.05, 0.1) is 12.0 Å². The minimum atomic E-state index is -0.395. The van der Waals surface area contributed by atoms with Crippen LogP contribution in [0.25, 0.3) is 0 Å². The lowest BCUT2D eigenvalue weighted by Crippen LogP contribution is -2.53. The average Bonchev–Trinajstić information content (AvgIpc) is 3.28. The number of benzene rings is 2. The van der Waals surface area contributed by atoms with Crippen molar-refractivity contribution >= 4 is 23.6 Å². The van der Waals surface area contributed by atoms with E-state index < -0.39 is 6.04 Å². The van der Waals surface area contributed by atoms with Crippen molar-refractivity contribution < 1.29 is 14.3 Å². The lowest BCUT2D eigenvalue weighted by atomic mass is 10.0. The van der Waals surface area contributed by atoms with Gasteiger partial charge in [-0.3, -0.25) is 9.59 Å². The normalized spacial score (nSPS) is 23.5. The van der Waals surface area contributed by atoms with Gasteiger partial charge in [-0.05, 0) is 43.9 Å². The van der Waals surface area contributed by atoms with E-state index in [2.05, 4.69) is 13.8 Å². The van der Waals surface area contributed by atoms with E-state index in [1.54, 1.807) is 18.9 Å². The lowest BCUT2D eigenvalue weighted by Gasteiger charge is -2.36. The van der Waals surface area contributed by atoms with Crippen molar-refractivity contribution in [2.75, 3.05) is 12.9 Å². The summed E-state index contributed by atoms with van der Waals surface area (Å²) in [6.45, 7) is 4.70. The van der Waals surface area contributed by atoms with Crippen LogP contribution in [0.4, 0.5) is 0 Å². The quantitative estimate of drug-likeness (QED) is 0.653. The molecule has 4 rings (SSSR count). The number of amides is 2.